The number of aromatic carboxylic acids is 1. The van der Waals surface area contributed by atoms with Crippen molar-refractivity contribution in [1.29, 1.82) is 0 Å². The van der Waals surface area contributed by atoms with Crippen LogP contribution in [0.25, 0.3) is 28.1 Å². The van der Waals surface area contributed by atoms with Gasteiger partial charge in [-0.05, 0) is 62.7 Å². The van der Waals surface area contributed by atoms with Crippen molar-refractivity contribution < 1.29 is 24.2 Å². The number of carbonyl (C=O) groups is 2. The van der Waals surface area contributed by atoms with Gasteiger partial charge in [0.25, 0.3) is 5.91 Å². The van der Waals surface area contributed by atoms with Gasteiger partial charge in [0.1, 0.15) is 18.1 Å². The van der Waals surface area contributed by atoms with Crippen molar-refractivity contribution in [2.24, 2.45) is 0 Å². The van der Waals surface area contributed by atoms with E-state index in [1.807, 2.05) is 32.9 Å². The van der Waals surface area contributed by atoms with Crippen molar-refractivity contribution in [1.82, 2.24) is 14.7 Å². The van der Waals surface area contributed by atoms with Crippen LogP contribution in [0, 0.1) is 0 Å². The van der Waals surface area contributed by atoms with Gasteiger partial charge in [0.2, 0.25) is 0 Å². The lowest BCUT2D eigenvalue weighted by atomic mass is 9.95. The lowest BCUT2D eigenvalue weighted by Gasteiger charge is -2.31. The van der Waals surface area contributed by atoms with Crippen molar-refractivity contribution in [3.05, 3.63) is 81.5 Å². The van der Waals surface area contributed by atoms with Gasteiger partial charge in [-0.2, -0.15) is 5.10 Å². The molecule has 3 aromatic carbocycles. The fraction of sp³-hybridized carbons (Fsp3) is 0.233. The number of halogens is 2. The van der Waals surface area contributed by atoms with Crippen molar-refractivity contribution in [3.8, 4) is 39.6 Å². The van der Waals surface area contributed by atoms with E-state index in [1.165, 1.54) is 13.2 Å². The van der Waals surface area contributed by atoms with Crippen LogP contribution in [0.1, 0.15) is 47.2 Å². The topological polar surface area (TPSA) is 93.9 Å². The molecule has 2 heterocycles. The molecular formula is C30H27Cl2N3O5. The largest absolute Gasteiger partial charge is 0.496 e. The first-order valence-corrected chi connectivity index (χ1v) is 13.2. The summed E-state index contributed by atoms with van der Waals surface area (Å²) in [5.41, 5.74) is 3.72. The van der Waals surface area contributed by atoms with Gasteiger partial charge in [0.15, 0.2) is 5.69 Å². The van der Waals surface area contributed by atoms with Gasteiger partial charge in [0.05, 0.1) is 24.1 Å². The minimum absolute atomic E-state index is 0.104. The van der Waals surface area contributed by atoms with E-state index in [0.29, 0.717) is 55.2 Å². The first kappa shape index (κ1) is 27.6. The zero-order valence-corrected chi connectivity index (χ0v) is 24.1. The zero-order valence-electron chi connectivity index (χ0n) is 22.6. The SMILES string of the molecule is COc1cc2c(cc1-c1cccc(C(=O)O)c1)-c1c(c(C(=O)N(C)C(C)(C)C)nn1-c1cc(Cl)cc(Cl)c1)CO2. The highest BCUT2D eigenvalue weighted by Gasteiger charge is 2.34. The molecule has 1 aliphatic rings. The second-order valence-electron chi connectivity index (χ2n) is 10.5. The first-order chi connectivity index (χ1) is 18.9. The Bertz CT molecular complexity index is 1650. The van der Waals surface area contributed by atoms with E-state index in [9.17, 15) is 14.7 Å². The number of aromatic nitrogens is 2. The number of rotatable bonds is 5. The van der Waals surface area contributed by atoms with E-state index in [4.69, 9.17) is 37.8 Å². The average molecular weight is 580 g/mol. The number of fused-ring (bicyclic) bond motifs is 3. The van der Waals surface area contributed by atoms with Gasteiger partial charge in [-0.1, -0.05) is 35.3 Å². The van der Waals surface area contributed by atoms with Crippen LogP contribution in [0.15, 0.2) is 54.6 Å². The molecule has 0 saturated carbocycles. The van der Waals surface area contributed by atoms with E-state index < -0.39 is 11.5 Å². The van der Waals surface area contributed by atoms with Gasteiger partial charge in [-0.3, -0.25) is 4.79 Å². The number of carboxylic acids is 1. The summed E-state index contributed by atoms with van der Waals surface area (Å²) >= 11 is 12.7. The van der Waals surface area contributed by atoms with Gasteiger partial charge in [-0.15, -0.1) is 0 Å². The Labute approximate surface area is 241 Å². The van der Waals surface area contributed by atoms with E-state index >= 15 is 0 Å². The number of methoxy groups -OCH3 is 1. The molecule has 0 fully saturated rings. The predicted octanol–water partition coefficient (Wildman–Crippen LogP) is 6.98. The minimum atomic E-state index is -1.04. The quantitative estimate of drug-likeness (QED) is 0.274. The third-order valence-corrected chi connectivity index (χ3v) is 7.37. The molecule has 206 valence electrons. The molecule has 0 saturated heterocycles. The van der Waals surface area contributed by atoms with E-state index in [0.717, 1.165) is 0 Å². The van der Waals surface area contributed by atoms with Crippen molar-refractivity contribution in [2.75, 3.05) is 14.2 Å². The summed E-state index contributed by atoms with van der Waals surface area (Å²) in [6.45, 7) is 5.94. The summed E-state index contributed by atoms with van der Waals surface area (Å²) < 4.78 is 13.5. The molecule has 1 amide bonds. The Hall–Kier alpha value is -4.01. The molecule has 0 radical (unpaired) electrons. The Kier molecular flexibility index (Phi) is 7.02. The minimum Gasteiger partial charge on any atom is -0.496 e. The molecule has 8 nitrogen and oxygen atoms in total. The molecular weight excluding hydrogens is 553 g/mol. The number of hydrogen-bond acceptors (Lipinski definition) is 5. The number of nitrogens with zero attached hydrogens (tertiary/aromatic N) is 3. The average Bonchev–Trinajstić information content (AvgIpc) is 3.30. The molecule has 1 aliphatic heterocycles. The second-order valence-corrected chi connectivity index (χ2v) is 11.3. The molecule has 0 aliphatic carbocycles. The normalized spacial score (nSPS) is 12.3. The molecule has 0 spiro atoms. The number of carbonyl (C=O) groups excluding carboxylic acids is 1. The summed E-state index contributed by atoms with van der Waals surface area (Å²) in [6, 6.07) is 15.3. The molecule has 0 atom stereocenters. The van der Waals surface area contributed by atoms with E-state index in [-0.39, 0.29) is 23.8 Å². The molecule has 10 heteroatoms. The number of amides is 1. The first-order valence-electron chi connectivity index (χ1n) is 12.4. The van der Waals surface area contributed by atoms with Crippen LogP contribution in [-0.2, 0) is 6.61 Å². The van der Waals surface area contributed by atoms with Crippen LogP contribution in [0.2, 0.25) is 10.0 Å². The number of benzene rings is 3. The standard InChI is InChI=1S/C30H27Cl2N3O5/c1-30(2,3)34(4)28(36)26-23-15-40-25-14-24(39-5)21(16-7-6-8-17(9-16)29(37)38)13-22(25)27(23)35(33-26)20-11-18(31)10-19(32)12-20/h6-14H,15H2,1-5H3,(H,37,38). The molecule has 4 aromatic rings. The lowest BCUT2D eigenvalue weighted by molar-refractivity contribution is 0.0644. The smallest absolute Gasteiger partial charge is 0.335 e. The maximum absolute atomic E-state index is 13.7. The predicted molar refractivity (Wildman–Crippen MR) is 154 cm³/mol. The van der Waals surface area contributed by atoms with Crippen molar-refractivity contribution in [3.63, 3.8) is 0 Å². The molecule has 1 aromatic heterocycles. The molecule has 5 rings (SSSR count). The summed E-state index contributed by atoms with van der Waals surface area (Å²) in [7, 11) is 3.28. The maximum atomic E-state index is 13.7. The summed E-state index contributed by atoms with van der Waals surface area (Å²) in [4.78, 5) is 27.0. The Morgan fingerprint density at radius 2 is 1.75 bits per heavy atom. The highest BCUT2D eigenvalue weighted by atomic mass is 35.5. The maximum Gasteiger partial charge on any atom is 0.335 e. The van der Waals surface area contributed by atoms with Crippen molar-refractivity contribution in [2.45, 2.75) is 32.9 Å². The van der Waals surface area contributed by atoms with Crippen molar-refractivity contribution >= 4 is 35.1 Å². The van der Waals surface area contributed by atoms with Gasteiger partial charge >= 0.3 is 5.97 Å². The van der Waals surface area contributed by atoms with Crippen LogP contribution in [-0.4, -0.2) is 51.4 Å². The summed E-state index contributed by atoms with van der Waals surface area (Å²) in [5, 5.41) is 15.2. The Morgan fingerprint density at radius 1 is 1.05 bits per heavy atom. The Morgan fingerprint density at radius 3 is 2.38 bits per heavy atom. The third-order valence-electron chi connectivity index (χ3n) is 6.94. The third kappa shape index (κ3) is 4.89. The fourth-order valence-corrected chi connectivity index (χ4v) is 5.09. The van der Waals surface area contributed by atoms with Gasteiger partial charge in [0, 0.05) is 45.4 Å². The highest BCUT2D eigenvalue weighted by molar-refractivity contribution is 6.34. The number of ether oxygens (including phenoxy) is 2. The Balaban J connectivity index is 1.79. The van der Waals surface area contributed by atoms with E-state index in [2.05, 4.69) is 0 Å². The van der Waals surface area contributed by atoms with Crippen LogP contribution < -0.4 is 9.47 Å². The second kappa shape index (κ2) is 10.2. The molecule has 40 heavy (non-hydrogen) atoms. The molecule has 1 N–H and O–H groups in total. The van der Waals surface area contributed by atoms with Gasteiger partial charge < -0.3 is 19.5 Å². The fourth-order valence-electron chi connectivity index (χ4n) is 4.58. The number of carboxylic acid groups (broad SMARTS) is 1. The highest BCUT2D eigenvalue weighted by Crippen LogP contribution is 2.46. The summed E-state index contributed by atoms with van der Waals surface area (Å²) in [6.07, 6.45) is 0. The van der Waals surface area contributed by atoms with Crippen LogP contribution in [0.3, 0.4) is 0 Å². The van der Waals surface area contributed by atoms with E-state index in [1.54, 1.807) is 53.0 Å². The van der Waals surface area contributed by atoms with Crippen LogP contribution >= 0.6 is 23.2 Å². The number of hydrogen-bond donors (Lipinski definition) is 1. The van der Waals surface area contributed by atoms with Crippen LogP contribution in [0.4, 0.5) is 0 Å². The summed E-state index contributed by atoms with van der Waals surface area (Å²) in [5.74, 6) is -0.262. The zero-order chi connectivity index (χ0) is 28.9. The van der Waals surface area contributed by atoms with Crippen LogP contribution in [0.5, 0.6) is 11.5 Å². The molecule has 0 unspecified atom stereocenters. The monoisotopic (exact) mass is 579 g/mol. The lowest BCUT2D eigenvalue weighted by Crippen LogP contribution is -2.43. The molecule has 0 bridgehead atoms. The van der Waals surface area contributed by atoms with Gasteiger partial charge in [-0.25, -0.2) is 9.48 Å².